The largest absolute Gasteiger partial charge is 0.486 e. The minimum absolute atomic E-state index is 0.0588. The zero-order valence-corrected chi connectivity index (χ0v) is 10.2. The molecule has 1 aliphatic carbocycles. The van der Waals surface area contributed by atoms with Gasteiger partial charge >= 0.3 is 6.18 Å². The Morgan fingerprint density at radius 1 is 1.11 bits per heavy atom. The van der Waals surface area contributed by atoms with Crippen LogP contribution >= 0.6 is 0 Å². The Hall–Kier alpha value is -1.43. The normalized spacial score (nSPS) is 20.8. The van der Waals surface area contributed by atoms with Gasteiger partial charge in [0.2, 0.25) is 0 Å². The van der Waals surface area contributed by atoms with Crippen LogP contribution in [0.1, 0.15) is 30.4 Å². The third-order valence-electron chi connectivity index (χ3n) is 3.76. The number of alkyl halides is 3. The van der Waals surface area contributed by atoms with Crippen molar-refractivity contribution in [2.45, 2.75) is 31.0 Å². The molecule has 1 fully saturated rings. The average Bonchev–Trinajstić information content (AvgIpc) is 2.33. The standard InChI is InChI=1S/C13H14F3NO2/c14-13(15,16)8-2-3-9-11(19-7-6-18-9)10(8)12(17)4-1-5-12/h2-3H,1,4-7,17H2. The van der Waals surface area contributed by atoms with Crippen LogP contribution in [0.15, 0.2) is 12.1 Å². The maximum absolute atomic E-state index is 13.2. The number of hydrogen-bond acceptors (Lipinski definition) is 3. The van der Waals surface area contributed by atoms with Gasteiger partial charge in [-0.1, -0.05) is 0 Å². The van der Waals surface area contributed by atoms with Crippen LogP contribution in [-0.2, 0) is 11.7 Å². The van der Waals surface area contributed by atoms with E-state index in [9.17, 15) is 13.2 Å². The van der Waals surface area contributed by atoms with Gasteiger partial charge in [0.05, 0.1) is 5.56 Å². The predicted octanol–water partition coefficient (Wildman–Crippen LogP) is 2.81. The quantitative estimate of drug-likeness (QED) is 0.855. The Labute approximate surface area is 108 Å². The van der Waals surface area contributed by atoms with Gasteiger partial charge in [-0.3, -0.25) is 0 Å². The summed E-state index contributed by atoms with van der Waals surface area (Å²) in [5.41, 5.74) is 4.51. The summed E-state index contributed by atoms with van der Waals surface area (Å²) >= 11 is 0. The molecule has 0 aromatic heterocycles. The molecule has 3 nitrogen and oxygen atoms in total. The highest BCUT2D eigenvalue weighted by Crippen LogP contribution is 2.51. The molecular formula is C13H14F3NO2. The zero-order valence-electron chi connectivity index (χ0n) is 10.2. The molecule has 0 saturated heterocycles. The first-order chi connectivity index (χ1) is 8.92. The van der Waals surface area contributed by atoms with Gasteiger partial charge in [-0.2, -0.15) is 13.2 Å². The average molecular weight is 273 g/mol. The second-order valence-corrected chi connectivity index (χ2v) is 5.02. The zero-order chi connectivity index (χ0) is 13.7. The molecule has 0 amide bonds. The second-order valence-electron chi connectivity index (χ2n) is 5.02. The maximum atomic E-state index is 13.2. The summed E-state index contributed by atoms with van der Waals surface area (Å²) < 4.78 is 50.2. The molecule has 0 spiro atoms. The number of hydrogen-bond donors (Lipinski definition) is 1. The summed E-state index contributed by atoms with van der Waals surface area (Å²) in [5, 5.41) is 0. The van der Waals surface area contributed by atoms with Crippen molar-refractivity contribution in [2.24, 2.45) is 5.73 Å². The van der Waals surface area contributed by atoms with Gasteiger partial charge < -0.3 is 15.2 Å². The van der Waals surface area contributed by atoms with Gasteiger partial charge in [0.1, 0.15) is 13.2 Å². The molecule has 3 rings (SSSR count). The molecule has 1 aromatic rings. The predicted molar refractivity (Wildman–Crippen MR) is 62.2 cm³/mol. The van der Waals surface area contributed by atoms with Gasteiger partial charge in [0.25, 0.3) is 0 Å². The van der Waals surface area contributed by atoms with Crippen LogP contribution in [0.5, 0.6) is 11.5 Å². The van der Waals surface area contributed by atoms with Crippen molar-refractivity contribution < 1.29 is 22.6 Å². The van der Waals surface area contributed by atoms with Crippen LogP contribution in [0.2, 0.25) is 0 Å². The van der Waals surface area contributed by atoms with E-state index >= 15 is 0 Å². The maximum Gasteiger partial charge on any atom is 0.416 e. The van der Waals surface area contributed by atoms with Crippen molar-refractivity contribution in [1.82, 2.24) is 0 Å². The molecule has 1 saturated carbocycles. The first kappa shape index (κ1) is 12.6. The Bertz CT molecular complexity index is 509. The summed E-state index contributed by atoms with van der Waals surface area (Å²) in [6, 6.07) is 2.35. The summed E-state index contributed by atoms with van der Waals surface area (Å²) in [4.78, 5) is 0. The Morgan fingerprint density at radius 3 is 2.37 bits per heavy atom. The molecule has 0 bridgehead atoms. The van der Waals surface area contributed by atoms with E-state index in [4.69, 9.17) is 15.2 Å². The minimum Gasteiger partial charge on any atom is -0.486 e. The molecule has 19 heavy (non-hydrogen) atoms. The number of fused-ring (bicyclic) bond motifs is 1. The van der Waals surface area contributed by atoms with Crippen molar-refractivity contribution in [1.29, 1.82) is 0 Å². The number of rotatable bonds is 1. The van der Waals surface area contributed by atoms with E-state index in [2.05, 4.69) is 0 Å². The van der Waals surface area contributed by atoms with E-state index in [1.165, 1.54) is 6.07 Å². The van der Waals surface area contributed by atoms with Gasteiger partial charge in [0, 0.05) is 11.1 Å². The fraction of sp³-hybridized carbons (Fsp3) is 0.538. The van der Waals surface area contributed by atoms with Crippen LogP contribution < -0.4 is 15.2 Å². The fourth-order valence-electron chi connectivity index (χ4n) is 2.65. The van der Waals surface area contributed by atoms with Crippen molar-refractivity contribution in [3.05, 3.63) is 23.3 Å². The lowest BCUT2D eigenvalue weighted by molar-refractivity contribution is -0.139. The second kappa shape index (κ2) is 4.03. The van der Waals surface area contributed by atoms with Crippen LogP contribution in [0.4, 0.5) is 13.2 Å². The number of ether oxygens (including phenoxy) is 2. The molecule has 2 aliphatic rings. The molecule has 0 unspecified atom stereocenters. The van der Waals surface area contributed by atoms with Crippen LogP contribution in [0, 0.1) is 0 Å². The van der Waals surface area contributed by atoms with Gasteiger partial charge in [-0.25, -0.2) is 0 Å². The topological polar surface area (TPSA) is 44.5 Å². The fourth-order valence-corrected chi connectivity index (χ4v) is 2.65. The molecule has 6 heteroatoms. The Kier molecular flexibility index (Phi) is 2.67. The Balaban J connectivity index is 2.21. The van der Waals surface area contributed by atoms with Crippen LogP contribution in [0.25, 0.3) is 0 Å². The smallest absolute Gasteiger partial charge is 0.416 e. The highest BCUT2D eigenvalue weighted by molar-refractivity contribution is 5.56. The monoisotopic (exact) mass is 273 g/mol. The molecule has 1 aromatic carbocycles. The molecule has 0 atom stereocenters. The molecule has 0 radical (unpaired) electrons. The lowest BCUT2D eigenvalue weighted by Crippen LogP contribution is -2.45. The van der Waals surface area contributed by atoms with E-state index in [0.717, 1.165) is 12.5 Å². The van der Waals surface area contributed by atoms with Crippen molar-refractivity contribution >= 4 is 0 Å². The summed E-state index contributed by atoms with van der Waals surface area (Å²) in [7, 11) is 0. The van der Waals surface area contributed by atoms with Gasteiger partial charge in [0.15, 0.2) is 11.5 Å². The number of benzene rings is 1. The highest BCUT2D eigenvalue weighted by atomic mass is 19.4. The molecule has 2 N–H and O–H groups in total. The van der Waals surface area contributed by atoms with E-state index in [1.807, 2.05) is 0 Å². The third kappa shape index (κ3) is 1.94. The summed E-state index contributed by atoms with van der Waals surface area (Å²) in [6.45, 7) is 0.590. The molecule has 1 aliphatic heterocycles. The minimum atomic E-state index is -4.44. The van der Waals surface area contributed by atoms with E-state index < -0.39 is 17.3 Å². The first-order valence-electron chi connectivity index (χ1n) is 6.21. The van der Waals surface area contributed by atoms with E-state index in [-0.39, 0.29) is 17.9 Å². The lowest BCUT2D eigenvalue weighted by Gasteiger charge is -2.41. The van der Waals surface area contributed by atoms with Crippen molar-refractivity contribution in [2.75, 3.05) is 13.2 Å². The van der Waals surface area contributed by atoms with E-state index in [0.29, 0.717) is 25.2 Å². The van der Waals surface area contributed by atoms with Crippen molar-refractivity contribution in [3.63, 3.8) is 0 Å². The highest BCUT2D eigenvalue weighted by Gasteiger charge is 2.46. The lowest BCUT2D eigenvalue weighted by atomic mass is 9.70. The third-order valence-corrected chi connectivity index (χ3v) is 3.76. The molecule has 1 heterocycles. The van der Waals surface area contributed by atoms with Gasteiger partial charge in [-0.15, -0.1) is 0 Å². The Morgan fingerprint density at radius 2 is 1.79 bits per heavy atom. The summed E-state index contributed by atoms with van der Waals surface area (Å²) in [6.07, 6.45) is -2.53. The van der Waals surface area contributed by atoms with Gasteiger partial charge in [-0.05, 0) is 31.4 Å². The summed E-state index contributed by atoms with van der Waals surface area (Å²) in [5.74, 6) is 0.522. The van der Waals surface area contributed by atoms with Crippen molar-refractivity contribution in [3.8, 4) is 11.5 Å². The first-order valence-corrected chi connectivity index (χ1v) is 6.21. The van der Waals surface area contributed by atoms with Crippen LogP contribution in [-0.4, -0.2) is 13.2 Å². The molecular weight excluding hydrogens is 259 g/mol. The SMILES string of the molecule is NC1(c2c(C(F)(F)F)ccc3c2OCCO3)CCC1. The molecule has 104 valence electrons. The number of halogens is 3. The van der Waals surface area contributed by atoms with E-state index in [1.54, 1.807) is 0 Å². The van der Waals surface area contributed by atoms with Crippen LogP contribution in [0.3, 0.4) is 0 Å². The number of nitrogens with two attached hydrogens (primary N) is 1.